The molecule has 1 aliphatic carbocycles. The Labute approximate surface area is 125 Å². The van der Waals surface area contributed by atoms with E-state index in [2.05, 4.69) is 15.0 Å². The SMILES string of the molecule is O=C(NCC1CCCC1O)c1ccc(OCC(F)(F)F)nc1. The van der Waals surface area contributed by atoms with Gasteiger partial charge in [-0.3, -0.25) is 4.79 Å². The van der Waals surface area contributed by atoms with Crippen LogP contribution in [0.15, 0.2) is 18.3 Å². The van der Waals surface area contributed by atoms with Crippen LogP contribution in [0.5, 0.6) is 5.88 Å². The van der Waals surface area contributed by atoms with Gasteiger partial charge in [-0.2, -0.15) is 13.2 Å². The Hall–Kier alpha value is -1.83. The molecule has 1 aliphatic rings. The van der Waals surface area contributed by atoms with Crippen molar-refractivity contribution < 1.29 is 27.8 Å². The highest BCUT2D eigenvalue weighted by atomic mass is 19.4. The van der Waals surface area contributed by atoms with E-state index in [0.29, 0.717) is 6.54 Å². The number of hydrogen-bond acceptors (Lipinski definition) is 4. The smallest absolute Gasteiger partial charge is 0.422 e. The molecule has 1 heterocycles. The van der Waals surface area contributed by atoms with Gasteiger partial charge in [-0.15, -0.1) is 0 Å². The lowest BCUT2D eigenvalue weighted by molar-refractivity contribution is -0.154. The minimum Gasteiger partial charge on any atom is -0.468 e. The molecule has 0 aliphatic heterocycles. The highest BCUT2D eigenvalue weighted by Gasteiger charge is 2.28. The number of carbonyl (C=O) groups is 1. The summed E-state index contributed by atoms with van der Waals surface area (Å²) < 4.78 is 40.4. The van der Waals surface area contributed by atoms with E-state index in [4.69, 9.17) is 0 Å². The molecule has 22 heavy (non-hydrogen) atoms. The van der Waals surface area contributed by atoms with Crippen LogP contribution >= 0.6 is 0 Å². The van der Waals surface area contributed by atoms with Crippen LogP contribution in [0.2, 0.25) is 0 Å². The van der Waals surface area contributed by atoms with E-state index >= 15 is 0 Å². The molecule has 2 unspecified atom stereocenters. The first-order chi connectivity index (χ1) is 10.3. The molecule has 1 aromatic rings. The van der Waals surface area contributed by atoms with Gasteiger partial charge in [0.05, 0.1) is 11.7 Å². The number of alkyl halides is 3. The van der Waals surface area contributed by atoms with Gasteiger partial charge in [0.2, 0.25) is 5.88 Å². The topological polar surface area (TPSA) is 71.5 Å². The van der Waals surface area contributed by atoms with Gasteiger partial charge in [-0.25, -0.2) is 4.98 Å². The average Bonchev–Trinajstić information content (AvgIpc) is 2.88. The van der Waals surface area contributed by atoms with Crippen LogP contribution in [0.3, 0.4) is 0 Å². The van der Waals surface area contributed by atoms with Gasteiger partial charge in [0.25, 0.3) is 5.91 Å². The average molecular weight is 318 g/mol. The van der Waals surface area contributed by atoms with E-state index in [-0.39, 0.29) is 23.3 Å². The number of carbonyl (C=O) groups excluding carboxylic acids is 1. The molecule has 2 rings (SSSR count). The number of hydrogen-bond donors (Lipinski definition) is 2. The van der Waals surface area contributed by atoms with Crippen molar-refractivity contribution in [1.82, 2.24) is 10.3 Å². The Balaban J connectivity index is 1.83. The minimum absolute atomic E-state index is 0.0475. The summed E-state index contributed by atoms with van der Waals surface area (Å²) in [6.45, 7) is -1.06. The molecule has 1 saturated carbocycles. The highest BCUT2D eigenvalue weighted by Crippen LogP contribution is 2.24. The summed E-state index contributed by atoms with van der Waals surface area (Å²) in [5, 5.41) is 12.3. The molecule has 0 bridgehead atoms. The summed E-state index contributed by atoms with van der Waals surface area (Å²) in [6, 6.07) is 2.56. The van der Waals surface area contributed by atoms with Crippen LogP contribution in [-0.2, 0) is 0 Å². The lowest BCUT2D eigenvalue weighted by atomic mass is 10.1. The van der Waals surface area contributed by atoms with Crippen LogP contribution in [0.25, 0.3) is 0 Å². The van der Waals surface area contributed by atoms with E-state index in [9.17, 15) is 23.1 Å². The van der Waals surface area contributed by atoms with E-state index in [1.165, 1.54) is 12.1 Å². The third kappa shape index (κ3) is 4.87. The molecule has 2 N–H and O–H groups in total. The van der Waals surface area contributed by atoms with Gasteiger partial charge in [0, 0.05) is 24.7 Å². The first-order valence-corrected chi connectivity index (χ1v) is 6.97. The lowest BCUT2D eigenvalue weighted by Gasteiger charge is -2.15. The molecule has 0 saturated heterocycles. The molecule has 5 nitrogen and oxygen atoms in total. The van der Waals surface area contributed by atoms with Gasteiger partial charge in [-0.1, -0.05) is 6.42 Å². The molecule has 1 aromatic heterocycles. The number of nitrogens with one attached hydrogen (secondary N) is 1. The predicted octanol–water partition coefficient (Wildman–Crippen LogP) is 1.91. The second kappa shape index (κ2) is 6.95. The monoisotopic (exact) mass is 318 g/mol. The maximum Gasteiger partial charge on any atom is 0.422 e. The molecule has 2 atom stereocenters. The molecule has 8 heteroatoms. The third-order valence-electron chi connectivity index (χ3n) is 3.53. The Morgan fingerprint density at radius 2 is 2.18 bits per heavy atom. The molecule has 0 radical (unpaired) electrons. The summed E-state index contributed by atoms with van der Waals surface area (Å²) >= 11 is 0. The molecule has 0 spiro atoms. The lowest BCUT2D eigenvalue weighted by Crippen LogP contribution is -2.32. The van der Waals surface area contributed by atoms with Crippen molar-refractivity contribution in [1.29, 1.82) is 0 Å². The zero-order valence-corrected chi connectivity index (χ0v) is 11.8. The fraction of sp³-hybridized carbons (Fsp3) is 0.571. The molecular formula is C14H17F3N2O3. The predicted molar refractivity (Wildman–Crippen MR) is 71.5 cm³/mol. The van der Waals surface area contributed by atoms with E-state index in [1.807, 2.05) is 0 Å². The fourth-order valence-corrected chi connectivity index (χ4v) is 2.34. The Morgan fingerprint density at radius 3 is 2.73 bits per heavy atom. The third-order valence-corrected chi connectivity index (χ3v) is 3.53. The largest absolute Gasteiger partial charge is 0.468 e. The normalized spacial score (nSPS) is 21.6. The molecule has 122 valence electrons. The summed E-state index contributed by atoms with van der Waals surface area (Å²) in [6.07, 6.45) is -1.12. The fourth-order valence-electron chi connectivity index (χ4n) is 2.34. The van der Waals surface area contributed by atoms with Crippen molar-refractivity contribution in [3.05, 3.63) is 23.9 Å². The summed E-state index contributed by atoms with van der Waals surface area (Å²) in [4.78, 5) is 15.5. The number of aliphatic hydroxyl groups is 1. The number of nitrogens with zero attached hydrogens (tertiary/aromatic N) is 1. The zero-order valence-electron chi connectivity index (χ0n) is 11.8. The van der Waals surface area contributed by atoms with Crippen molar-refractivity contribution in [3.63, 3.8) is 0 Å². The first-order valence-electron chi connectivity index (χ1n) is 6.97. The molecule has 1 amide bonds. The second-order valence-electron chi connectivity index (χ2n) is 5.26. The van der Waals surface area contributed by atoms with E-state index in [1.54, 1.807) is 0 Å². The van der Waals surface area contributed by atoms with Crippen molar-refractivity contribution >= 4 is 5.91 Å². The van der Waals surface area contributed by atoms with Gasteiger partial charge < -0.3 is 15.2 Å². The Morgan fingerprint density at radius 1 is 1.41 bits per heavy atom. The zero-order chi connectivity index (χ0) is 16.2. The summed E-state index contributed by atoms with van der Waals surface area (Å²) in [5.74, 6) is -0.527. The van der Waals surface area contributed by atoms with E-state index in [0.717, 1.165) is 25.5 Å². The van der Waals surface area contributed by atoms with Crippen molar-refractivity contribution in [2.24, 2.45) is 5.92 Å². The first kappa shape index (κ1) is 16.5. The maximum atomic E-state index is 12.0. The Bertz CT molecular complexity index is 505. The van der Waals surface area contributed by atoms with Crippen molar-refractivity contribution in [2.45, 2.75) is 31.5 Å². The van der Waals surface area contributed by atoms with Crippen LogP contribution in [-0.4, -0.2) is 41.4 Å². The number of pyridine rings is 1. The van der Waals surface area contributed by atoms with Crippen LogP contribution in [0, 0.1) is 5.92 Å². The maximum absolute atomic E-state index is 12.0. The number of halogens is 3. The van der Waals surface area contributed by atoms with Gasteiger partial charge in [0.1, 0.15) is 0 Å². The quantitative estimate of drug-likeness (QED) is 0.870. The van der Waals surface area contributed by atoms with E-state index < -0.39 is 18.9 Å². The summed E-state index contributed by atoms with van der Waals surface area (Å²) in [5.41, 5.74) is 0.229. The van der Waals surface area contributed by atoms with Gasteiger partial charge in [0.15, 0.2) is 6.61 Å². The summed E-state index contributed by atoms with van der Waals surface area (Å²) in [7, 11) is 0. The van der Waals surface area contributed by atoms with Crippen LogP contribution in [0.4, 0.5) is 13.2 Å². The van der Waals surface area contributed by atoms with Crippen LogP contribution < -0.4 is 10.1 Å². The van der Waals surface area contributed by atoms with Crippen molar-refractivity contribution in [2.75, 3.05) is 13.2 Å². The highest BCUT2D eigenvalue weighted by molar-refractivity contribution is 5.93. The minimum atomic E-state index is -4.43. The number of aromatic nitrogens is 1. The van der Waals surface area contributed by atoms with Crippen LogP contribution in [0.1, 0.15) is 29.6 Å². The number of aliphatic hydroxyl groups excluding tert-OH is 1. The number of rotatable bonds is 5. The van der Waals surface area contributed by atoms with Gasteiger partial charge in [-0.05, 0) is 18.9 Å². The Kier molecular flexibility index (Phi) is 5.23. The van der Waals surface area contributed by atoms with Crippen molar-refractivity contribution in [3.8, 4) is 5.88 Å². The second-order valence-corrected chi connectivity index (χ2v) is 5.26. The number of amides is 1. The molecule has 0 aromatic carbocycles. The van der Waals surface area contributed by atoms with Gasteiger partial charge >= 0.3 is 6.18 Å². The standard InChI is InChI=1S/C14H17F3N2O3/c15-14(16,17)8-22-12-5-4-10(7-18-12)13(21)19-6-9-2-1-3-11(9)20/h4-5,7,9,11,20H,1-3,6,8H2,(H,19,21). The number of ether oxygens (including phenoxy) is 1. The molecular weight excluding hydrogens is 301 g/mol. The molecule has 1 fully saturated rings.